The van der Waals surface area contributed by atoms with Crippen molar-refractivity contribution < 1.29 is 27.9 Å². The first-order chi connectivity index (χ1) is 12.1. The zero-order valence-electron chi connectivity index (χ0n) is 15.0. The number of carbonyl (C=O) groups is 2. The van der Waals surface area contributed by atoms with Crippen LogP contribution in [0.5, 0.6) is 5.75 Å². The predicted molar refractivity (Wildman–Crippen MR) is 94.7 cm³/mol. The first-order valence-electron chi connectivity index (χ1n) is 8.38. The molecule has 0 aliphatic heterocycles. The van der Waals surface area contributed by atoms with Gasteiger partial charge in [-0.15, -0.1) is 0 Å². The summed E-state index contributed by atoms with van der Waals surface area (Å²) in [5, 5.41) is 11.8. The summed E-state index contributed by atoms with van der Waals surface area (Å²) in [6.07, 6.45) is 1.47. The largest absolute Gasteiger partial charge is 0.495 e. The summed E-state index contributed by atoms with van der Waals surface area (Å²) in [5.74, 6) is -1.62. The molecule has 2 rings (SSSR count). The molecule has 0 radical (unpaired) electrons. The van der Waals surface area contributed by atoms with Gasteiger partial charge in [-0.1, -0.05) is 0 Å². The van der Waals surface area contributed by atoms with Crippen LogP contribution in [0.25, 0.3) is 0 Å². The van der Waals surface area contributed by atoms with Gasteiger partial charge in [0, 0.05) is 17.6 Å². The number of ether oxygens (including phenoxy) is 1. The molecule has 1 aliphatic rings. The SMILES string of the molecule is COc1ccc(C(=O)N[C@@H]2CC[C@H](C(=O)O)C2)cc1S(=O)(=O)NC(C)C. The second-order valence-electron chi connectivity index (χ2n) is 6.66. The molecule has 1 aromatic rings. The van der Waals surface area contributed by atoms with Crippen molar-refractivity contribution in [3.8, 4) is 5.75 Å². The van der Waals surface area contributed by atoms with Crippen LogP contribution in [-0.2, 0) is 14.8 Å². The molecule has 0 unspecified atom stereocenters. The van der Waals surface area contributed by atoms with E-state index in [1.165, 1.54) is 25.3 Å². The van der Waals surface area contributed by atoms with Crippen molar-refractivity contribution in [2.24, 2.45) is 5.92 Å². The third-order valence-electron chi connectivity index (χ3n) is 4.22. The van der Waals surface area contributed by atoms with E-state index in [0.717, 1.165) is 0 Å². The molecule has 144 valence electrons. The maximum atomic E-state index is 12.5. The molecule has 1 aliphatic carbocycles. The van der Waals surface area contributed by atoms with Crippen molar-refractivity contribution in [2.45, 2.75) is 50.1 Å². The number of sulfonamides is 1. The van der Waals surface area contributed by atoms with Gasteiger partial charge in [-0.3, -0.25) is 9.59 Å². The number of hydrogen-bond donors (Lipinski definition) is 3. The minimum atomic E-state index is -3.84. The number of carboxylic acid groups (broad SMARTS) is 1. The Morgan fingerprint density at radius 1 is 1.27 bits per heavy atom. The summed E-state index contributed by atoms with van der Waals surface area (Å²) in [7, 11) is -2.48. The van der Waals surface area contributed by atoms with Crippen LogP contribution in [-0.4, -0.2) is 44.6 Å². The van der Waals surface area contributed by atoms with Gasteiger partial charge in [-0.05, 0) is 51.3 Å². The molecular weight excluding hydrogens is 360 g/mol. The molecule has 8 nitrogen and oxygen atoms in total. The highest BCUT2D eigenvalue weighted by atomic mass is 32.2. The number of hydrogen-bond acceptors (Lipinski definition) is 5. The smallest absolute Gasteiger partial charge is 0.306 e. The molecule has 1 amide bonds. The quantitative estimate of drug-likeness (QED) is 0.653. The van der Waals surface area contributed by atoms with Crippen LogP contribution in [0.1, 0.15) is 43.5 Å². The third kappa shape index (κ3) is 4.73. The lowest BCUT2D eigenvalue weighted by Crippen LogP contribution is -2.34. The summed E-state index contributed by atoms with van der Waals surface area (Å²) in [4.78, 5) is 23.4. The van der Waals surface area contributed by atoms with Gasteiger partial charge in [0.25, 0.3) is 5.91 Å². The van der Waals surface area contributed by atoms with Gasteiger partial charge in [-0.25, -0.2) is 13.1 Å². The van der Waals surface area contributed by atoms with E-state index >= 15 is 0 Å². The van der Waals surface area contributed by atoms with Gasteiger partial charge in [-0.2, -0.15) is 0 Å². The zero-order valence-corrected chi connectivity index (χ0v) is 15.8. The van der Waals surface area contributed by atoms with E-state index in [1.807, 2.05) is 0 Å². The second kappa shape index (κ2) is 8.05. The summed E-state index contributed by atoms with van der Waals surface area (Å²) < 4.78 is 32.5. The van der Waals surface area contributed by atoms with Crippen LogP contribution in [0, 0.1) is 5.92 Å². The van der Waals surface area contributed by atoms with Crippen molar-refractivity contribution in [1.82, 2.24) is 10.0 Å². The van der Waals surface area contributed by atoms with Gasteiger partial charge in [0.2, 0.25) is 10.0 Å². The Morgan fingerprint density at radius 3 is 2.50 bits per heavy atom. The van der Waals surface area contributed by atoms with E-state index in [9.17, 15) is 18.0 Å². The topological polar surface area (TPSA) is 122 Å². The zero-order chi connectivity index (χ0) is 19.5. The number of rotatable bonds is 7. The van der Waals surface area contributed by atoms with E-state index in [2.05, 4.69) is 10.0 Å². The Kier molecular flexibility index (Phi) is 6.25. The van der Waals surface area contributed by atoms with Gasteiger partial charge >= 0.3 is 5.97 Å². The van der Waals surface area contributed by atoms with E-state index in [4.69, 9.17) is 9.84 Å². The van der Waals surface area contributed by atoms with Crippen LogP contribution in [0.2, 0.25) is 0 Å². The Morgan fingerprint density at radius 2 is 1.96 bits per heavy atom. The van der Waals surface area contributed by atoms with Crippen molar-refractivity contribution >= 4 is 21.9 Å². The maximum absolute atomic E-state index is 12.5. The monoisotopic (exact) mass is 384 g/mol. The highest BCUT2D eigenvalue weighted by Crippen LogP contribution is 2.27. The minimum absolute atomic E-state index is 0.115. The van der Waals surface area contributed by atoms with Crippen LogP contribution >= 0.6 is 0 Å². The maximum Gasteiger partial charge on any atom is 0.306 e. The number of amides is 1. The van der Waals surface area contributed by atoms with Crippen LogP contribution in [0.3, 0.4) is 0 Å². The Bertz CT molecular complexity index is 790. The van der Waals surface area contributed by atoms with Crippen LogP contribution in [0.15, 0.2) is 23.1 Å². The van der Waals surface area contributed by atoms with Crippen molar-refractivity contribution in [3.63, 3.8) is 0 Å². The number of carbonyl (C=O) groups excluding carboxylic acids is 1. The molecule has 1 aromatic carbocycles. The summed E-state index contributed by atoms with van der Waals surface area (Å²) in [5.41, 5.74) is 0.175. The molecule has 26 heavy (non-hydrogen) atoms. The van der Waals surface area contributed by atoms with Crippen molar-refractivity contribution in [1.29, 1.82) is 0 Å². The van der Waals surface area contributed by atoms with E-state index < -0.39 is 27.8 Å². The molecule has 1 fully saturated rings. The van der Waals surface area contributed by atoms with E-state index in [0.29, 0.717) is 19.3 Å². The molecule has 0 spiro atoms. The lowest BCUT2D eigenvalue weighted by Gasteiger charge is -2.16. The van der Waals surface area contributed by atoms with Crippen LogP contribution in [0.4, 0.5) is 0 Å². The number of aliphatic carboxylic acids is 1. The fraction of sp³-hybridized carbons (Fsp3) is 0.529. The number of benzene rings is 1. The molecule has 0 heterocycles. The normalized spacial score (nSPS) is 20.2. The molecule has 0 bridgehead atoms. The van der Waals surface area contributed by atoms with Gasteiger partial charge in [0.1, 0.15) is 10.6 Å². The Balaban J connectivity index is 2.21. The van der Waals surface area contributed by atoms with E-state index in [-0.39, 0.29) is 28.3 Å². The molecule has 0 aromatic heterocycles. The molecule has 3 N–H and O–H groups in total. The van der Waals surface area contributed by atoms with Gasteiger partial charge in [0.15, 0.2) is 0 Å². The summed E-state index contributed by atoms with van der Waals surface area (Å²) in [6, 6.07) is 3.63. The van der Waals surface area contributed by atoms with Crippen LogP contribution < -0.4 is 14.8 Å². The number of carboxylic acids is 1. The highest BCUT2D eigenvalue weighted by Gasteiger charge is 2.31. The number of methoxy groups -OCH3 is 1. The standard InChI is InChI=1S/C17H24N2O6S/c1-10(2)19-26(23,24)15-9-11(5-7-14(15)25-3)16(20)18-13-6-4-12(8-13)17(21)22/h5,7,9-10,12-13,19H,4,6,8H2,1-3H3,(H,18,20)(H,21,22)/t12-,13+/m0/s1. The molecule has 0 saturated heterocycles. The molecule has 2 atom stereocenters. The Hall–Kier alpha value is -2.13. The summed E-state index contributed by atoms with van der Waals surface area (Å²) >= 11 is 0. The molecule has 9 heteroatoms. The number of nitrogens with one attached hydrogen (secondary N) is 2. The molecule has 1 saturated carbocycles. The highest BCUT2D eigenvalue weighted by molar-refractivity contribution is 7.89. The van der Waals surface area contributed by atoms with Gasteiger partial charge < -0.3 is 15.2 Å². The predicted octanol–water partition coefficient (Wildman–Crippen LogP) is 1.36. The lowest BCUT2D eigenvalue weighted by atomic mass is 10.1. The fourth-order valence-electron chi connectivity index (χ4n) is 3.01. The van der Waals surface area contributed by atoms with Crippen molar-refractivity contribution in [2.75, 3.05) is 7.11 Å². The average molecular weight is 384 g/mol. The third-order valence-corrected chi connectivity index (χ3v) is 5.90. The molecular formula is C17H24N2O6S. The Labute approximate surface area is 153 Å². The lowest BCUT2D eigenvalue weighted by molar-refractivity contribution is -0.141. The summed E-state index contributed by atoms with van der Waals surface area (Å²) in [6.45, 7) is 3.39. The second-order valence-corrected chi connectivity index (χ2v) is 8.34. The minimum Gasteiger partial charge on any atom is -0.495 e. The van der Waals surface area contributed by atoms with E-state index in [1.54, 1.807) is 13.8 Å². The van der Waals surface area contributed by atoms with Gasteiger partial charge in [0.05, 0.1) is 13.0 Å². The average Bonchev–Trinajstić information content (AvgIpc) is 3.01. The first-order valence-corrected chi connectivity index (χ1v) is 9.86. The fourth-order valence-corrected chi connectivity index (χ4v) is 4.45. The van der Waals surface area contributed by atoms with Crippen molar-refractivity contribution in [3.05, 3.63) is 23.8 Å². The first kappa shape index (κ1) is 20.2.